The van der Waals surface area contributed by atoms with E-state index >= 15 is 0 Å². The summed E-state index contributed by atoms with van der Waals surface area (Å²) in [6, 6.07) is 11.0. The van der Waals surface area contributed by atoms with E-state index in [-0.39, 0.29) is 22.8 Å². The fourth-order valence-electron chi connectivity index (χ4n) is 2.46. The van der Waals surface area contributed by atoms with Gasteiger partial charge < -0.3 is 10.4 Å². The topological polar surface area (TPSA) is 86.7 Å². The summed E-state index contributed by atoms with van der Waals surface area (Å²) in [5.41, 5.74) is 0.923. The number of carbonyl (C=O) groups excluding carboxylic acids is 1. The number of carbonyl (C=O) groups is 1. The van der Waals surface area contributed by atoms with Gasteiger partial charge in [0.2, 0.25) is 10.0 Å². The molecule has 2 aromatic rings. The maximum Gasteiger partial charge on any atom is 0.255 e. The second kappa shape index (κ2) is 8.66. The Kier molecular flexibility index (Phi) is 6.80. The molecule has 0 aromatic heterocycles. The summed E-state index contributed by atoms with van der Waals surface area (Å²) in [5, 5.41) is 12.5. The molecule has 0 saturated heterocycles. The first kappa shape index (κ1) is 20.4. The van der Waals surface area contributed by atoms with Gasteiger partial charge in [0, 0.05) is 24.1 Å². The zero-order chi connectivity index (χ0) is 19.3. The molecule has 0 atom stereocenters. The minimum Gasteiger partial charge on any atom is -0.507 e. The monoisotopic (exact) mass is 440 g/mol. The van der Waals surface area contributed by atoms with Gasteiger partial charge in [-0.05, 0) is 35.9 Å². The van der Waals surface area contributed by atoms with Crippen molar-refractivity contribution in [3.05, 3.63) is 58.1 Å². The Hall–Kier alpha value is -1.90. The Balaban J connectivity index is 2.08. The fourth-order valence-corrected chi connectivity index (χ4v) is 4.28. The van der Waals surface area contributed by atoms with Crippen LogP contribution in [0.25, 0.3) is 0 Å². The number of nitrogens with one attached hydrogen (secondary N) is 1. The molecule has 26 heavy (non-hydrogen) atoms. The maximum absolute atomic E-state index is 12.5. The van der Waals surface area contributed by atoms with E-state index in [9.17, 15) is 18.3 Å². The first-order valence-corrected chi connectivity index (χ1v) is 10.4. The van der Waals surface area contributed by atoms with Crippen molar-refractivity contribution in [1.82, 2.24) is 9.62 Å². The lowest BCUT2D eigenvalue weighted by molar-refractivity contribution is 0.0948. The van der Waals surface area contributed by atoms with Crippen LogP contribution in [0.4, 0.5) is 0 Å². The van der Waals surface area contributed by atoms with E-state index in [0.717, 1.165) is 5.56 Å². The summed E-state index contributed by atoms with van der Waals surface area (Å²) in [4.78, 5) is 12.4. The van der Waals surface area contributed by atoms with Crippen LogP contribution in [-0.2, 0) is 16.6 Å². The Morgan fingerprint density at radius 1 is 1.12 bits per heavy atom. The predicted octanol–water partition coefficient (Wildman–Crippen LogP) is 3.12. The lowest BCUT2D eigenvalue weighted by Gasteiger charge is -2.18. The molecule has 0 bridgehead atoms. The van der Waals surface area contributed by atoms with Gasteiger partial charge in [-0.25, -0.2) is 8.42 Å². The number of nitrogens with zero attached hydrogens (tertiary/aromatic N) is 1. The molecular formula is C18H21BrN2O4S. The van der Waals surface area contributed by atoms with E-state index in [0.29, 0.717) is 17.6 Å². The van der Waals surface area contributed by atoms with Crippen molar-refractivity contribution in [2.75, 3.05) is 13.1 Å². The molecule has 2 rings (SSSR count). The number of rotatable bonds is 7. The summed E-state index contributed by atoms with van der Waals surface area (Å²) < 4.78 is 27.0. The van der Waals surface area contributed by atoms with Crippen LogP contribution >= 0.6 is 15.9 Å². The zero-order valence-electron chi connectivity index (χ0n) is 14.6. The molecule has 0 saturated carbocycles. The van der Waals surface area contributed by atoms with Gasteiger partial charge >= 0.3 is 0 Å². The van der Waals surface area contributed by atoms with Crippen molar-refractivity contribution in [3.63, 3.8) is 0 Å². The quantitative estimate of drug-likeness (QED) is 0.692. The summed E-state index contributed by atoms with van der Waals surface area (Å²) in [7, 11) is -3.49. The first-order chi connectivity index (χ1) is 12.3. The summed E-state index contributed by atoms with van der Waals surface area (Å²) >= 11 is 3.26. The average Bonchev–Trinajstić information content (AvgIpc) is 2.63. The molecule has 8 heteroatoms. The minimum atomic E-state index is -3.49. The van der Waals surface area contributed by atoms with Crippen LogP contribution < -0.4 is 5.32 Å². The van der Waals surface area contributed by atoms with Gasteiger partial charge in [-0.2, -0.15) is 4.31 Å². The van der Waals surface area contributed by atoms with Crippen LogP contribution in [0.2, 0.25) is 0 Å². The highest BCUT2D eigenvalue weighted by Gasteiger charge is 2.21. The van der Waals surface area contributed by atoms with E-state index in [1.54, 1.807) is 32.0 Å². The summed E-state index contributed by atoms with van der Waals surface area (Å²) in [6.45, 7) is 4.63. The van der Waals surface area contributed by atoms with Gasteiger partial charge in [0.05, 0.1) is 10.5 Å². The van der Waals surface area contributed by atoms with Crippen LogP contribution in [-0.4, -0.2) is 36.8 Å². The predicted molar refractivity (Wildman–Crippen MR) is 104 cm³/mol. The van der Waals surface area contributed by atoms with Crippen molar-refractivity contribution in [2.24, 2.45) is 0 Å². The molecule has 2 aromatic carbocycles. The zero-order valence-corrected chi connectivity index (χ0v) is 17.0. The van der Waals surface area contributed by atoms with E-state index in [1.807, 2.05) is 0 Å². The lowest BCUT2D eigenvalue weighted by atomic mass is 10.1. The van der Waals surface area contributed by atoms with Gasteiger partial charge in [0.25, 0.3) is 5.91 Å². The van der Waals surface area contributed by atoms with Crippen molar-refractivity contribution in [3.8, 4) is 5.75 Å². The van der Waals surface area contributed by atoms with Gasteiger partial charge in [-0.3, -0.25) is 4.79 Å². The molecule has 0 radical (unpaired) electrons. The third-order valence-electron chi connectivity index (χ3n) is 3.92. The van der Waals surface area contributed by atoms with Gasteiger partial charge in [0.15, 0.2) is 0 Å². The van der Waals surface area contributed by atoms with Gasteiger partial charge in [-0.1, -0.05) is 41.9 Å². The number of sulfonamides is 1. The van der Waals surface area contributed by atoms with Gasteiger partial charge in [-0.15, -0.1) is 0 Å². The lowest BCUT2D eigenvalue weighted by Crippen LogP contribution is -2.30. The van der Waals surface area contributed by atoms with Crippen molar-refractivity contribution in [1.29, 1.82) is 0 Å². The van der Waals surface area contributed by atoms with Crippen molar-refractivity contribution >= 4 is 31.9 Å². The molecule has 140 valence electrons. The molecule has 2 N–H and O–H groups in total. The number of hydrogen-bond donors (Lipinski definition) is 2. The van der Waals surface area contributed by atoms with Crippen LogP contribution in [0.15, 0.2) is 51.8 Å². The normalized spacial score (nSPS) is 11.5. The highest BCUT2D eigenvalue weighted by Crippen LogP contribution is 2.22. The van der Waals surface area contributed by atoms with E-state index < -0.39 is 15.9 Å². The number of aromatic hydroxyl groups is 1. The summed E-state index contributed by atoms with van der Waals surface area (Å²) in [5.74, 6) is -0.519. The Morgan fingerprint density at radius 3 is 2.31 bits per heavy atom. The Labute approximate surface area is 162 Å². The number of benzene rings is 2. The molecular weight excluding hydrogens is 420 g/mol. The van der Waals surface area contributed by atoms with Gasteiger partial charge in [0.1, 0.15) is 5.75 Å². The van der Waals surface area contributed by atoms with Crippen LogP contribution in [0.3, 0.4) is 0 Å². The molecule has 0 heterocycles. The summed E-state index contributed by atoms with van der Waals surface area (Å²) in [6.07, 6.45) is 0. The number of amides is 1. The number of hydrogen-bond acceptors (Lipinski definition) is 4. The average molecular weight is 441 g/mol. The second-order valence-electron chi connectivity index (χ2n) is 5.58. The molecule has 0 unspecified atom stereocenters. The molecule has 1 amide bonds. The van der Waals surface area contributed by atoms with Crippen LogP contribution in [0, 0.1) is 0 Å². The number of phenolic OH excluding ortho intramolecular Hbond substituents is 1. The molecule has 0 fully saturated rings. The fraction of sp³-hybridized carbons (Fsp3) is 0.278. The first-order valence-electron chi connectivity index (χ1n) is 8.15. The Bertz CT molecular complexity index is 879. The van der Waals surface area contributed by atoms with E-state index in [1.165, 1.54) is 28.6 Å². The third-order valence-corrected chi connectivity index (χ3v) is 6.48. The molecule has 0 aliphatic heterocycles. The highest BCUT2D eigenvalue weighted by molar-refractivity contribution is 9.10. The molecule has 0 aliphatic carbocycles. The standard InChI is InChI=1S/C18H21BrN2O4S/c1-3-21(4-2)26(24,25)15-8-5-13(6-9-15)12-20-18(23)16-11-14(19)7-10-17(16)22/h5-11,22H,3-4,12H2,1-2H3,(H,20,23). The van der Waals surface area contributed by atoms with Crippen molar-refractivity contribution in [2.45, 2.75) is 25.3 Å². The largest absolute Gasteiger partial charge is 0.507 e. The van der Waals surface area contributed by atoms with Crippen LogP contribution in [0.5, 0.6) is 5.75 Å². The highest BCUT2D eigenvalue weighted by atomic mass is 79.9. The minimum absolute atomic E-state index is 0.105. The maximum atomic E-state index is 12.5. The van der Waals surface area contributed by atoms with E-state index in [2.05, 4.69) is 21.2 Å². The van der Waals surface area contributed by atoms with Crippen molar-refractivity contribution < 1.29 is 18.3 Å². The Morgan fingerprint density at radius 2 is 1.73 bits per heavy atom. The molecule has 6 nitrogen and oxygen atoms in total. The van der Waals surface area contributed by atoms with E-state index in [4.69, 9.17) is 0 Å². The molecule has 0 aliphatic rings. The number of phenols is 1. The smallest absolute Gasteiger partial charge is 0.255 e. The molecule has 0 spiro atoms. The second-order valence-corrected chi connectivity index (χ2v) is 8.43. The van der Waals surface area contributed by atoms with Crippen LogP contribution in [0.1, 0.15) is 29.8 Å². The SMILES string of the molecule is CCN(CC)S(=O)(=O)c1ccc(CNC(=O)c2cc(Br)ccc2O)cc1. The number of halogens is 1. The third kappa shape index (κ3) is 4.63.